The number of para-hydroxylation sites is 1. The van der Waals surface area contributed by atoms with Crippen molar-refractivity contribution in [1.29, 1.82) is 0 Å². The highest BCUT2D eigenvalue weighted by molar-refractivity contribution is 7.14. The molecule has 3 heteroatoms. The maximum absolute atomic E-state index is 2.66. The summed E-state index contributed by atoms with van der Waals surface area (Å²) >= 11 is 0. The number of nitrogens with zero attached hydrogens (tertiary/aromatic N) is 2. The number of fused-ring (bicyclic) bond motifs is 3. The van der Waals surface area contributed by atoms with E-state index >= 15 is 0 Å². The fraction of sp³-hybridized carbons (Fsp3) is 0.289. The van der Waals surface area contributed by atoms with Crippen LogP contribution in [0.25, 0.3) is 27.2 Å². The Morgan fingerprint density at radius 1 is 0.683 bits per heavy atom. The minimum absolute atomic E-state index is 0.0978. The highest BCUT2D eigenvalue weighted by Crippen LogP contribution is 2.46. The minimum atomic E-state index is -2.65. The van der Waals surface area contributed by atoms with Crippen molar-refractivity contribution in [3.63, 3.8) is 0 Å². The maximum atomic E-state index is 2.66. The molecule has 0 aliphatic carbocycles. The Labute approximate surface area is 245 Å². The first-order valence-electron chi connectivity index (χ1n) is 15.2. The van der Waals surface area contributed by atoms with Gasteiger partial charge in [0.25, 0.3) is 0 Å². The first kappa shape index (κ1) is 26.2. The van der Waals surface area contributed by atoms with Crippen molar-refractivity contribution in [2.24, 2.45) is 0 Å². The van der Waals surface area contributed by atoms with E-state index in [-0.39, 0.29) is 5.04 Å². The average Bonchev–Trinajstić information content (AvgIpc) is 3.27. The number of hydrogen-bond acceptors (Lipinski definition) is 0. The molecule has 3 heterocycles. The van der Waals surface area contributed by atoms with Crippen LogP contribution in [0.2, 0.25) is 0 Å². The van der Waals surface area contributed by atoms with E-state index < -0.39 is 8.07 Å². The van der Waals surface area contributed by atoms with Crippen molar-refractivity contribution >= 4 is 50.8 Å². The van der Waals surface area contributed by atoms with Crippen molar-refractivity contribution in [3.8, 4) is 0 Å². The molecule has 4 aromatic carbocycles. The monoisotopic (exact) mass is 553 g/mol. The SMILES string of the molecule is Cc1ccc2c3c1c1cccc(C(C)C)c1[n+]1c3c(c(C)n1C(C)C)[Si](c1ccccc1)(c1ccccc1)C2(C)C. The molecule has 0 unspecified atom stereocenters. The molecule has 2 aromatic heterocycles. The standard InChI is InChI=1S/C38H41N2Si/c1-24(2)30-20-15-21-31-33-26(5)22-23-32-34(33)36-37(27(6)39(25(3)4)40(36)35(30)31)41(38(32,7)8,28-16-11-9-12-17-28)29-18-13-10-14-19-29/h9-25H,1-8H3/q+1. The molecule has 7 rings (SSSR count). The fourth-order valence-corrected chi connectivity index (χ4v) is 14.7. The molecule has 1 aliphatic heterocycles. The van der Waals surface area contributed by atoms with Gasteiger partial charge >= 0.3 is 0 Å². The summed E-state index contributed by atoms with van der Waals surface area (Å²) in [4.78, 5) is 0. The summed E-state index contributed by atoms with van der Waals surface area (Å²) in [5, 5.41) is 8.71. The van der Waals surface area contributed by atoms with E-state index in [1.807, 2.05) is 0 Å². The first-order valence-corrected chi connectivity index (χ1v) is 17.2. The van der Waals surface area contributed by atoms with E-state index in [9.17, 15) is 0 Å². The fourth-order valence-electron chi connectivity index (χ4n) is 8.52. The van der Waals surface area contributed by atoms with Crippen molar-refractivity contribution in [2.45, 2.75) is 72.4 Å². The number of aryl methyl sites for hydroxylation is 1. The van der Waals surface area contributed by atoms with Gasteiger partial charge in [0.15, 0.2) is 8.07 Å². The first-order chi connectivity index (χ1) is 19.6. The van der Waals surface area contributed by atoms with Gasteiger partial charge in [0.05, 0.1) is 22.5 Å². The molecule has 0 bridgehead atoms. The van der Waals surface area contributed by atoms with Crippen LogP contribution in [0, 0.1) is 13.8 Å². The van der Waals surface area contributed by atoms with Crippen LogP contribution in [0.15, 0.2) is 91.0 Å². The Bertz CT molecular complexity index is 1940. The largest absolute Gasteiger partial charge is 0.247 e. The lowest BCUT2D eigenvalue weighted by Gasteiger charge is -2.48. The van der Waals surface area contributed by atoms with Crippen LogP contribution in [0.3, 0.4) is 0 Å². The van der Waals surface area contributed by atoms with Crippen LogP contribution in [-0.4, -0.2) is 12.8 Å². The van der Waals surface area contributed by atoms with Gasteiger partial charge in [0.1, 0.15) is 0 Å². The Balaban J connectivity index is 1.90. The van der Waals surface area contributed by atoms with Crippen LogP contribution >= 0.6 is 0 Å². The van der Waals surface area contributed by atoms with Gasteiger partial charge in [0, 0.05) is 16.1 Å². The summed E-state index contributed by atoms with van der Waals surface area (Å²) < 4.78 is 5.29. The lowest BCUT2D eigenvalue weighted by atomic mass is 9.88. The number of aromatic nitrogens is 2. The van der Waals surface area contributed by atoms with Gasteiger partial charge in [-0.2, -0.15) is 0 Å². The molecule has 0 N–H and O–H groups in total. The molecule has 0 amide bonds. The molecule has 2 nitrogen and oxygen atoms in total. The van der Waals surface area contributed by atoms with Crippen molar-refractivity contribution in [1.82, 2.24) is 4.68 Å². The quantitative estimate of drug-likeness (QED) is 0.125. The van der Waals surface area contributed by atoms with E-state index in [0.29, 0.717) is 12.0 Å². The molecule has 41 heavy (non-hydrogen) atoms. The molecule has 0 atom stereocenters. The van der Waals surface area contributed by atoms with Gasteiger partial charge in [-0.1, -0.05) is 117 Å². The zero-order valence-corrected chi connectivity index (χ0v) is 26.7. The third-order valence-electron chi connectivity index (χ3n) is 10.1. The maximum Gasteiger partial charge on any atom is 0.247 e. The van der Waals surface area contributed by atoms with Crippen LogP contribution < -0.4 is 20.1 Å². The summed E-state index contributed by atoms with van der Waals surface area (Å²) in [6.45, 7) is 19.2. The van der Waals surface area contributed by atoms with Crippen LogP contribution in [0.5, 0.6) is 0 Å². The lowest BCUT2D eigenvalue weighted by Crippen LogP contribution is -2.78. The Morgan fingerprint density at radius 3 is 1.85 bits per heavy atom. The molecular weight excluding hydrogens is 513 g/mol. The zero-order chi connectivity index (χ0) is 28.8. The number of hydrogen-bond donors (Lipinski definition) is 0. The summed E-state index contributed by atoms with van der Waals surface area (Å²) in [7, 11) is -2.65. The molecule has 1 aliphatic rings. The Kier molecular flexibility index (Phi) is 5.69. The highest BCUT2D eigenvalue weighted by atomic mass is 28.3. The van der Waals surface area contributed by atoms with Gasteiger partial charge in [-0.05, 0) is 66.2 Å². The van der Waals surface area contributed by atoms with E-state index in [2.05, 4.69) is 156 Å². The second-order valence-electron chi connectivity index (χ2n) is 13.2. The Hall–Kier alpha value is -3.69. The lowest BCUT2D eigenvalue weighted by molar-refractivity contribution is -0.586. The third-order valence-corrected chi connectivity index (χ3v) is 16.0. The molecule has 0 spiro atoms. The van der Waals surface area contributed by atoms with Gasteiger partial charge in [0.2, 0.25) is 11.0 Å². The van der Waals surface area contributed by atoms with Gasteiger partial charge < -0.3 is 0 Å². The van der Waals surface area contributed by atoms with Crippen molar-refractivity contribution in [3.05, 3.63) is 113 Å². The topological polar surface area (TPSA) is 9.03 Å². The van der Waals surface area contributed by atoms with E-state index in [0.717, 1.165) is 0 Å². The number of rotatable bonds is 4. The molecule has 206 valence electrons. The van der Waals surface area contributed by atoms with Crippen LogP contribution in [0.1, 0.15) is 75.9 Å². The van der Waals surface area contributed by atoms with Gasteiger partial charge in [-0.15, -0.1) is 4.68 Å². The van der Waals surface area contributed by atoms with Crippen LogP contribution in [-0.2, 0) is 5.04 Å². The number of pyridine rings is 1. The molecule has 0 fully saturated rings. The van der Waals surface area contributed by atoms with Crippen molar-refractivity contribution in [2.75, 3.05) is 0 Å². The number of benzene rings is 4. The van der Waals surface area contributed by atoms with E-state index in [1.54, 1.807) is 5.19 Å². The zero-order valence-electron chi connectivity index (χ0n) is 25.7. The summed E-state index contributed by atoms with van der Waals surface area (Å²) in [5.41, 5.74) is 8.48. The second kappa shape index (κ2) is 8.90. The van der Waals surface area contributed by atoms with Crippen LogP contribution in [0.4, 0.5) is 0 Å². The second-order valence-corrected chi connectivity index (χ2v) is 17.6. The van der Waals surface area contributed by atoms with Crippen molar-refractivity contribution < 1.29 is 4.52 Å². The van der Waals surface area contributed by atoms with E-state index in [4.69, 9.17) is 0 Å². The predicted molar refractivity (Wildman–Crippen MR) is 177 cm³/mol. The normalized spacial score (nSPS) is 15.7. The van der Waals surface area contributed by atoms with Gasteiger partial charge in [-0.3, -0.25) is 0 Å². The van der Waals surface area contributed by atoms with E-state index in [1.165, 1.54) is 59.9 Å². The molecule has 6 aromatic rings. The summed E-state index contributed by atoms with van der Waals surface area (Å²) in [6, 6.07) is 35.2. The summed E-state index contributed by atoms with van der Waals surface area (Å²) in [6.07, 6.45) is 0. The molecule has 0 saturated heterocycles. The Morgan fingerprint density at radius 2 is 1.29 bits per heavy atom. The molecule has 0 saturated carbocycles. The minimum Gasteiger partial charge on any atom is -0.149 e. The average molecular weight is 554 g/mol. The predicted octanol–water partition coefficient (Wildman–Crippen LogP) is 7.15. The molecular formula is C38H41N2Si+. The van der Waals surface area contributed by atoms with Gasteiger partial charge in [-0.25, -0.2) is 0 Å². The third kappa shape index (κ3) is 3.16. The highest BCUT2D eigenvalue weighted by Gasteiger charge is 2.60. The molecule has 0 radical (unpaired) electrons. The smallest absolute Gasteiger partial charge is 0.149 e. The summed E-state index contributed by atoms with van der Waals surface area (Å²) in [5.74, 6) is 0.416.